The summed E-state index contributed by atoms with van der Waals surface area (Å²) < 4.78 is 27.1. The van der Waals surface area contributed by atoms with Gasteiger partial charge in [-0.25, -0.2) is 4.98 Å². The predicted molar refractivity (Wildman–Crippen MR) is 277 cm³/mol. The molecule has 9 unspecified atom stereocenters. The van der Waals surface area contributed by atoms with Crippen molar-refractivity contribution >= 4 is 39.5 Å². The third kappa shape index (κ3) is 8.25. The van der Waals surface area contributed by atoms with Gasteiger partial charge in [-0.1, -0.05) is 94.6 Å². The van der Waals surface area contributed by atoms with Crippen LogP contribution in [0.4, 0.5) is 5.82 Å². The van der Waals surface area contributed by atoms with E-state index in [1.54, 1.807) is 13.2 Å². The van der Waals surface area contributed by atoms with Gasteiger partial charge in [0.05, 0.1) is 24.3 Å². The number of hydrogen-bond acceptors (Lipinski definition) is 12. The van der Waals surface area contributed by atoms with Crippen LogP contribution in [0.2, 0.25) is 0 Å². The number of carbonyl (C=O) groups is 1. The number of fused-ring (bicyclic) bond motifs is 12. The minimum absolute atomic E-state index is 0.0418. The molecule has 0 radical (unpaired) electrons. The van der Waals surface area contributed by atoms with Gasteiger partial charge in [-0.3, -0.25) is 4.79 Å². The van der Waals surface area contributed by atoms with Crippen molar-refractivity contribution in [3.8, 4) is 51.7 Å². The second-order valence-electron chi connectivity index (χ2n) is 20.7. The van der Waals surface area contributed by atoms with Crippen molar-refractivity contribution in [3.63, 3.8) is 0 Å². The quantitative estimate of drug-likeness (QED) is 0.0756. The van der Waals surface area contributed by atoms with Gasteiger partial charge < -0.3 is 40.2 Å². The molecule has 9 atom stereocenters. The highest BCUT2D eigenvalue weighted by molar-refractivity contribution is 8.77. The molecule has 10 nitrogen and oxygen atoms in total. The molecule has 0 amide bonds. The number of pyridine rings is 1. The summed E-state index contributed by atoms with van der Waals surface area (Å²) in [7, 11) is 5.53. The lowest BCUT2D eigenvalue weighted by Gasteiger charge is -2.39. The fraction of sp³-hybridized carbons (Fsp3) is 0.414. The molecular formula is C58H59N3O7S2. The van der Waals surface area contributed by atoms with Crippen LogP contribution in [0, 0.1) is 23.7 Å². The van der Waals surface area contributed by atoms with Crippen LogP contribution in [-0.4, -0.2) is 64.1 Å². The molecule has 1 spiro atoms. The van der Waals surface area contributed by atoms with Gasteiger partial charge in [0.2, 0.25) is 0 Å². The van der Waals surface area contributed by atoms with E-state index in [9.17, 15) is 15.0 Å². The van der Waals surface area contributed by atoms with Gasteiger partial charge >= 0.3 is 5.97 Å². The summed E-state index contributed by atoms with van der Waals surface area (Å²) >= 11 is 0. The summed E-state index contributed by atoms with van der Waals surface area (Å²) in [4.78, 5) is 17.6. The zero-order valence-corrected chi connectivity index (χ0v) is 41.3. The average Bonchev–Trinajstić information content (AvgIpc) is 3.86. The number of benzene rings is 4. The number of aromatic hydroxyl groups is 2. The Morgan fingerprint density at radius 3 is 2.74 bits per heavy atom. The lowest BCUT2D eigenvalue weighted by Crippen LogP contribution is -2.52. The largest absolute Gasteiger partial charge is 0.508 e. The van der Waals surface area contributed by atoms with Crippen molar-refractivity contribution in [2.45, 2.75) is 118 Å². The first-order valence-electron chi connectivity index (χ1n) is 25.0. The van der Waals surface area contributed by atoms with Gasteiger partial charge in [-0.15, -0.1) is 0 Å². The molecule has 4 aliphatic heterocycles. The van der Waals surface area contributed by atoms with Crippen LogP contribution < -0.4 is 25.3 Å². The number of ether oxygens (including phenoxy) is 4. The van der Waals surface area contributed by atoms with E-state index in [0.717, 1.165) is 107 Å². The summed E-state index contributed by atoms with van der Waals surface area (Å²) in [6, 6.07) is 24.5. The van der Waals surface area contributed by atoms with Crippen LogP contribution in [0.5, 0.6) is 28.7 Å². The Morgan fingerprint density at radius 2 is 1.89 bits per heavy atom. The number of nitrogens with zero attached hydrogens (tertiary/aromatic N) is 1. The van der Waals surface area contributed by atoms with Crippen molar-refractivity contribution in [1.82, 2.24) is 10.3 Å². The number of aromatic nitrogens is 1. The van der Waals surface area contributed by atoms with E-state index in [1.165, 1.54) is 25.3 Å². The van der Waals surface area contributed by atoms with E-state index in [2.05, 4.69) is 77.8 Å². The number of nitrogens with one attached hydrogen (secondary N) is 1. The molecule has 12 rings (SSSR count). The van der Waals surface area contributed by atoms with Crippen molar-refractivity contribution in [2.75, 3.05) is 25.2 Å². The molecule has 3 fully saturated rings. The highest BCUT2D eigenvalue weighted by Crippen LogP contribution is 2.63. The molecule has 2 saturated carbocycles. The summed E-state index contributed by atoms with van der Waals surface area (Å²) in [5.74, 6) is 10.7. The molecule has 6 bridgehead atoms. The van der Waals surface area contributed by atoms with Crippen LogP contribution in [-0.2, 0) is 40.6 Å². The Hall–Kier alpha value is -5.74. The second kappa shape index (κ2) is 18.5. The SMILES string of the molecule is COc1cc(O)cc2c1-c1ccc3c4c1C1(CCC(Cc5ccc(N)nc5C#CCc5cc(O)c6c(c5C(O4)C3COC(C)=O)C=CC3NC4CCCC(CSSC(Cc5ccccc5)C3O6)C4)C1)C2. The maximum atomic E-state index is 12.8. The van der Waals surface area contributed by atoms with E-state index in [4.69, 9.17) is 29.7 Å². The number of rotatable bonds is 5. The van der Waals surface area contributed by atoms with Crippen LogP contribution in [0.15, 0.2) is 78.9 Å². The Kier molecular flexibility index (Phi) is 12.0. The highest BCUT2D eigenvalue weighted by Gasteiger charge is 2.51. The molecule has 4 aromatic carbocycles. The Bertz CT molecular complexity index is 2990. The zero-order valence-electron chi connectivity index (χ0n) is 39.7. The minimum atomic E-state index is -0.655. The average molecular weight is 974 g/mol. The lowest BCUT2D eigenvalue weighted by atomic mass is 9.65. The number of carbonyl (C=O) groups excluding carboxylic acids is 1. The fourth-order valence-corrected chi connectivity index (χ4v) is 16.4. The number of hydrogen-bond donors (Lipinski definition) is 4. The van der Waals surface area contributed by atoms with Gasteiger partial charge in [0.15, 0.2) is 11.5 Å². The molecule has 12 heteroatoms. The Balaban J connectivity index is 1.07. The maximum Gasteiger partial charge on any atom is 0.302 e. The van der Waals surface area contributed by atoms with E-state index in [0.29, 0.717) is 47.3 Å². The molecule has 3 aliphatic carbocycles. The molecule has 1 aromatic heterocycles. The molecular weight excluding hydrogens is 915 g/mol. The first-order valence-corrected chi connectivity index (χ1v) is 27.4. The summed E-state index contributed by atoms with van der Waals surface area (Å²) in [6.45, 7) is 1.53. The van der Waals surface area contributed by atoms with E-state index < -0.39 is 12.0 Å². The van der Waals surface area contributed by atoms with Crippen molar-refractivity contribution < 1.29 is 34.0 Å². The number of nitrogens with two attached hydrogens (primary N) is 1. The third-order valence-electron chi connectivity index (χ3n) is 16.2. The first-order chi connectivity index (χ1) is 34.1. The Morgan fingerprint density at radius 1 is 1.00 bits per heavy atom. The topological polar surface area (TPSA) is 145 Å². The van der Waals surface area contributed by atoms with E-state index in [-0.39, 0.29) is 53.3 Å². The predicted octanol–water partition coefficient (Wildman–Crippen LogP) is 10.6. The summed E-state index contributed by atoms with van der Waals surface area (Å²) in [6.07, 6.45) is 13.4. The fourth-order valence-electron chi connectivity index (χ4n) is 13.2. The number of esters is 1. The third-order valence-corrected chi connectivity index (χ3v) is 19.2. The first kappa shape index (κ1) is 45.4. The molecule has 5 aromatic rings. The monoisotopic (exact) mass is 973 g/mol. The van der Waals surface area contributed by atoms with Crippen LogP contribution in [0.3, 0.4) is 0 Å². The van der Waals surface area contributed by atoms with Gasteiger partial charge in [-0.05, 0) is 122 Å². The van der Waals surface area contributed by atoms with E-state index in [1.807, 2.05) is 39.8 Å². The number of nitrogen functional groups attached to an aromatic ring is 1. The maximum absolute atomic E-state index is 12.8. The Labute approximate surface area is 417 Å². The molecule has 360 valence electrons. The van der Waals surface area contributed by atoms with Crippen molar-refractivity contribution in [2.24, 2.45) is 11.8 Å². The van der Waals surface area contributed by atoms with Gasteiger partial charge in [0.25, 0.3) is 0 Å². The van der Waals surface area contributed by atoms with Crippen LogP contribution in [0.1, 0.15) is 114 Å². The smallest absolute Gasteiger partial charge is 0.302 e. The van der Waals surface area contributed by atoms with Gasteiger partial charge in [0.1, 0.15) is 47.6 Å². The zero-order chi connectivity index (χ0) is 47.7. The molecule has 5 heterocycles. The number of phenols is 2. The van der Waals surface area contributed by atoms with Gasteiger partial charge in [0, 0.05) is 64.4 Å². The lowest BCUT2D eigenvalue weighted by molar-refractivity contribution is -0.141. The van der Waals surface area contributed by atoms with Crippen LogP contribution in [0.25, 0.3) is 17.2 Å². The van der Waals surface area contributed by atoms with Crippen molar-refractivity contribution in [1.29, 1.82) is 0 Å². The minimum Gasteiger partial charge on any atom is -0.508 e. The summed E-state index contributed by atoms with van der Waals surface area (Å²) in [5, 5.41) is 27.6. The van der Waals surface area contributed by atoms with Crippen LogP contribution >= 0.6 is 21.6 Å². The number of anilines is 1. The molecule has 70 heavy (non-hydrogen) atoms. The number of methoxy groups -OCH3 is 1. The molecule has 7 aliphatic rings. The number of phenolic OH excluding ortho intramolecular Hbond substituents is 2. The van der Waals surface area contributed by atoms with Gasteiger partial charge in [-0.2, -0.15) is 0 Å². The second-order valence-corrected chi connectivity index (χ2v) is 23.4. The van der Waals surface area contributed by atoms with E-state index >= 15 is 0 Å². The normalized spacial score (nSPS) is 27.9. The summed E-state index contributed by atoms with van der Waals surface area (Å²) in [5.41, 5.74) is 16.5. The standard InChI is InChI=1S/C58H59N3O7S2/c1-32(62)66-30-44-41-15-16-42-51-38(25-40(63)27-48(51)65-2)29-58-21-20-34(28-58)22-36-14-19-50(59)61-45(36)13-7-11-37-26-47(64)54-43(52(37)55(44)68-56(41)53(42)58)17-18-46-57(67-54)49(24-33-8-4-3-5-9-33)70-69-31-35-10-6-12-39(23-35)60-46/h3-5,8-9,14-19,25-27,34-35,39,44,46,49,55,57,60,63-64H,6,10-12,20-24,28-31H2,1-2H3,(H2,59,61). The molecule has 5 N–H and O–H groups in total. The van der Waals surface area contributed by atoms with Crippen molar-refractivity contribution in [3.05, 3.63) is 129 Å². The molecule has 1 saturated heterocycles. The highest BCUT2D eigenvalue weighted by atomic mass is 33.1.